The number of carboxylic acid groups (broad SMARTS) is 2. The van der Waals surface area contributed by atoms with Gasteiger partial charge < -0.3 is 14.7 Å². The summed E-state index contributed by atoms with van der Waals surface area (Å²) in [4.78, 5) is 20.6. The second-order valence-corrected chi connectivity index (χ2v) is 5.77. The number of aromatic nitrogens is 1. The van der Waals surface area contributed by atoms with E-state index in [1.807, 2.05) is 0 Å². The van der Waals surface area contributed by atoms with Crippen LogP contribution in [0.15, 0.2) is 28.0 Å². The number of carbonyl (C=O) groups is 2. The van der Waals surface area contributed by atoms with Gasteiger partial charge in [0.25, 0.3) is 0 Å². The van der Waals surface area contributed by atoms with Crippen LogP contribution < -0.4 is 0 Å². The van der Waals surface area contributed by atoms with Crippen molar-refractivity contribution in [2.75, 3.05) is 0 Å². The van der Waals surface area contributed by atoms with Gasteiger partial charge in [-0.1, -0.05) is 36.7 Å². The number of rotatable bonds is 3. The van der Waals surface area contributed by atoms with E-state index in [9.17, 15) is 22.8 Å². The second-order valence-electron chi connectivity index (χ2n) is 5.37. The molecule has 2 unspecified atom stereocenters. The number of halogens is 4. The number of alkyl halides is 3. The first kappa shape index (κ1) is 19.0. The molecule has 2 N–H and O–H groups in total. The maximum absolute atomic E-state index is 12.1. The Balaban J connectivity index is 0.000000277. The van der Waals surface area contributed by atoms with Crippen LogP contribution in [-0.4, -0.2) is 33.5 Å². The molecule has 1 heterocycles. The third kappa shape index (κ3) is 4.72. The molecule has 0 aliphatic heterocycles. The summed E-state index contributed by atoms with van der Waals surface area (Å²) in [5.74, 6) is -3.59. The predicted octanol–water partition coefficient (Wildman–Crippen LogP) is 3.40. The highest BCUT2D eigenvalue weighted by molar-refractivity contribution is 6.30. The van der Waals surface area contributed by atoms with Crippen LogP contribution in [0, 0.1) is 17.3 Å². The highest BCUT2D eigenvalue weighted by Gasteiger charge is 2.61. The Labute approximate surface area is 133 Å². The molecule has 2 rings (SSSR count). The van der Waals surface area contributed by atoms with Crippen LogP contribution in [0.4, 0.5) is 13.2 Å². The third-order valence-corrected chi connectivity index (χ3v) is 3.77. The summed E-state index contributed by atoms with van der Waals surface area (Å²) in [5.41, 5.74) is -0.720. The zero-order chi connectivity index (χ0) is 18.0. The van der Waals surface area contributed by atoms with Gasteiger partial charge in [-0.2, -0.15) is 13.2 Å². The minimum atomic E-state index is -4.59. The first-order valence-corrected chi connectivity index (χ1v) is 6.57. The van der Waals surface area contributed by atoms with Crippen molar-refractivity contribution in [2.24, 2.45) is 17.3 Å². The van der Waals surface area contributed by atoms with E-state index in [1.54, 1.807) is 13.8 Å². The molecule has 0 saturated heterocycles. The number of hydrogen-bond donors (Lipinski definition) is 2. The van der Waals surface area contributed by atoms with Crippen LogP contribution in [0.3, 0.4) is 0 Å². The monoisotopic (exact) mass is 355 g/mol. The summed E-state index contributed by atoms with van der Waals surface area (Å²) >= 11 is 5.03. The number of carboxylic acids is 2. The molecule has 0 aromatic carbocycles. The number of nitrogens with zero attached hydrogens (tertiary/aromatic N) is 1. The van der Waals surface area contributed by atoms with Gasteiger partial charge in [0.05, 0.1) is 5.92 Å². The molecule has 1 aromatic heterocycles. The van der Waals surface area contributed by atoms with E-state index in [4.69, 9.17) is 21.8 Å². The minimum absolute atomic E-state index is 0.0648. The molecule has 1 aromatic rings. The summed E-state index contributed by atoms with van der Waals surface area (Å²) in [6.45, 7) is 3.21. The molecule has 1 saturated carbocycles. The Hall–Kier alpha value is -2.03. The molecule has 10 heteroatoms. The second kappa shape index (κ2) is 6.61. The highest BCUT2D eigenvalue weighted by Crippen LogP contribution is 2.60. The summed E-state index contributed by atoms with van der Waals surface area (Å²) in [7, 11) is 0. The Kier molecular flexibility index (Phi) is 5.47. The van der Waals surface area contributed by atoms with Gasteiger partial charge in [0.15, 0.2) is 5.69 Å². The molecule has 2 atom stereocenters. The molecule has 0 spiro atoms. The van der Waals surface area contributed by atoms with E-state index < -0.39 is 40.4 Å². The van der Waals surface area contributed by atoms with Crippen molar-refractivity contribution in [2.45, 2.75) is 20.0 Å². The van der Waals surface area contributed by atoms with Gasteiger partial charge in [-0.3, -0.25) is 4.79 Å². The lowest BCUT2D eigenvalue weighted by Crippen LogP contribution is -2.07. The molecular formula is C13H13ClF3NO5. The van der Waals surface area contributed by atoms with Crippen molar-refractivity contribution in [1.29, 1.82) is 0 Å². The number of aromatic carboxylic acids is 1. The molecule has 0 radical (unpaired) electrons. The van der Waals surface area contributed by atoms with Crippen molar-refractivity contribution in [3.05, 3.63) is 29.1 Å². The predicted molar refractivity (Wildman–Crippen MR) is 71.9 cm³/mol. The van der Waals surface area contributed by atoms with Crippen LogP contribution in [0.5, 0.6) is 0 Å². The number of allylic oxidation sites excluding steroid dienone is 2. The van der Waals surface area contributed by atoms with Crippen LogP contribution >= 0.6 is 11.6 Å². The van der Waals surface area contributed by atoms with Gasteiger partial charge in [-0.15, -0.1) is 0 Å². The fourth-order valence-corrected chi connectivity index (χ4v) is 2.17. The molecule has 23 heavy (non-hydrogen) atoms. The Morgan fingerprint density at radius 3 is 2.22 bits per heavy atom. The minimum Gasteiger partial charge on any atom is -0.481 e. The van der Waals surface area contributed by atoms with Crippen molar-refractivity contribution < 1.29 is 37.5 Å². The lowest BCUT2D eigenvalue weighted by Gasteiger charge is -2.04. The van der Waals surface area contributed by atoms with E-state index in [0.29, 0.717) is 0 Å². The van der Waals surface area contributed by atoms with Crippen molar-refractivity contribution in [3.8, 4) is 0 Å². The Morgan fingerprint density at radius 1 is 1.39 bits per heavy atom. The molecule has 0 amide bonds. The maximum Gasteiger partial charge on any atom is 0.426 e. The average Bonchev–Trinajstić information content (AvgIpc) is 2.81. The highest BCUT2D eigenvalue weighted by atomic mass is 35.5. The van der Waals surface area contributed by atoms with Crippen LogP contribution in [-0.2, 0) is 4.79 Å². The smallest absolute Gasteiger partial charge is 0.426 e. The van der Waals surface area contributed by atoms with E-state index >= 15 is 0 Å². The lowest BCUT2D eigenvalue weighted by atomic mass is 10.1. The molecule has 1 aliphatic rings. The van der Waals surface area contributed by atoms with E-state index in [-0.39, 0.29) is 5.69 Å². The topological polar surface area (TPSA) is 101 Å². The van der Waals surface area contributed by atoms with Gasteiger partial charge in [0.1, 0.15) is 11.3 Å². The fourth-order valence-electron chi connectivity index (χ4n) is 2.04. The van der Waals surface area contributed by atoms with Gasteiger partial charge in [0.2, 0.25) is 0 Å². The first-order valence-electron chi connectivity index (χ1n) is 6.20. The number of aliphatic carboxylic acids is 1. The number of hydrogen-bond acceptors (Lipinski definition) is 4. The Morgan fingerprint density at radius 2 is 1.96 bits per heavy atom. The fraction of sp³-hybridized carbons (Fsp3) is 0.462. The molecule has 0 bridgehead atoms. The van der Waals surface area contributed by atoms with Crippen molar-refractivity contribution in [1.82, 2.24) is 5.16 Å². The normalized spacial score (nSPS) is 22.8. The van der Waals surface area contributed by atoms with Crippen molar-refractivity contribution >= 4 is 23.5 Å². The van der Waals surface area contributed by atoms with Gasteiger partial charge in [0, 0.05) is 6.07 Å². The van der Waals surface area contributed by atoms with E-state index in [0.717, 1.165) is 6.08 Å². The SMILES string of the molecule is CC1(C)C(C=C(Cl)C(F)(F)F)C1C(=O)O.O=C(O)c1ccon1. The lowest BCUT2D eigenvalue weighted by molar-refractivity contribution is -0.139. The molecule has 1 aliphatic carbocycles. The Bertz CT molecular complexity index is 610. The van der Waals surface area contributed by atoms with Crippen molar-refractivity contribution in [3.63, 3.8) is 0 Å². The summed E-state index contributed by atoms with van der Waals surface area (Å²) in [5, 5.41) is 18.8. The van der Waals surface area contributed by atoms with Gasteiger partial charge >= 0.3 is 18.1 Å². The standard InChI is InChI=1S/C9H10ClF3O2.C4H3NO3/c1-8(2)4(6(8)7(14)15)3-5(10)9(11,12)13;6-4(7)3-1-2-8-5-3/h3-4,6H,1-2H3,(H,14,15);1-2H,(H,6,7). The molecule has 1 fully saturated rings. The quantitative estimate of drug-likeness (QED) is 0.861. The maximum atomic E-state index is 12.1. The van der Waals surface area contributed by atoms with Crippen LogP contribution in [0.25, 0.3) is 0 Å². The molecular weight excluding hydrogens is 343 g/mol. The third-order valence-electron chi connectivity index (χ3n) is 3.43. The first-order chi connectivity index (χ1) is 10.4. The molecule has 6 nitrogen and oxygen atoms in total. The summed E-state index contributed by atoms with van der Waals surface area (Å²) in [6, 6.07) is 1.28. The zero-order valence-electron chi connectivity index (χ0n) is 12.0. The summed E-state index contributed by atoms with van der Waals surface area (Å²) < 4.78 is 40.5. The van der Waals surface area contributed by atoms with Gasteiger partial charge in [-0.25, -0.2) is 4.79 Å². The van der Waals surface area contributed by atoms with Crippen LogP contribution in [0.1, 0.15) is 24.3 Å². The summed E-state index contributed by atoms with van der Waals surface area (Å²) in [6.07, 6.45) is -2.59. The van der Waals surface area contributed by atoms with Crippen LogP contribution in [0.2, 0.25) is 0 Å². The van der Waals surface area contributed by atoms with E-state index in [1.165, 1.54) is 12.3 Å². The zero-order valence-corrected chi connectivity index (χ0v) is 12.7. The van der Waals surface area contributed by atoms with Gasteiger partial charge in [-0.05, 0) is 11.3 Å². The molecule has 128 valence electrons. The largest absolute Gasteiger partial charge is 0.481 e. The van der Waals surface area contributed by atoms with E-state index in [2.05, 4.69) is 9.68 Å². The average molecular weight is 356 g/mol.